The first-order valence-electron chi connectivity index (χ1n) is 15.8. The zero-order chi connectivity index (χ0) is 31.4. The molecule has 0 radical (unpaired) electrons. The summed E-state index contributed by atoms with van der Waals surface area (Å²) in [6.07, 6.45) is 5.63. The molecule has 3 heterocycles. The van der Waals surface area contributed by atoms with Crippen LogP contribution in [0.25, 0.3) is 5.69 Å². The molecule has 0 atom stereocenters. The number of primary amides is 1. The highest BCUT2D eigenvalue weighted by Gasteiger charge is 2.43. The molecule has 8 nitrogen and oxygen atoms in total. The third-order valence-corrected chi connectivity index (χ3v) is 12.0. The first-order chi connectivity index (χ1) is 20.7. The molecule has 6 rings (SSSR count). The predicted molar refractivity (Wildman–Crippen MR) is 162 cm³/mol. The summed E-state index contributed by atoms with van der Waals surface area (Å²) in [7, 11) is -3.50. The number of halogens is 3. The number of sulfone groups is 1. The van der Waals surface area contributed by atoms with Crippen LogP contribution in [-0.4, -0.2) is 73.9 Å². The zero-order valence-electron chi connectivity index (χ0n) is 25.6. The van der Waals surface area contributed by atoms with Crippen molar-refractivity contribution in [2.24, 2.45) is 11.1 Å². The number of fused-ring (bicyclic) bond motifs is 3. The maximum atomic E-state index is 15.7. The zero-order valence-corrected chi connectivity index (χ0v) is 26.4. The van der Waals surface area contributed by atoms with Gasteiger partial charge in [0, 0.05) is 49.9 Å². The number of carbonyl (C=O) groups is 1. The topological polar surface area (TPSA) is 107 Å². The van der Waals surface area contributed by atoms with E-state index in [2.05, 4.69) is 5.32 Å². The van der Waals surface area contributed by atoms with Crippen molar-refractivity contribution in [3.63, 3.8) is 0 Å². The quantitative estimate of drug-likeness (QED) is 0.421. The fraction of sp³-hybridized carbons (Fsp3) is 0.656. The lowest BCUT2D eigenvalue weighted by atomic mass is 9.89. The summed E-state index contributed by atoms with van der Waals surface area (Å²) in [6, 6.07) is 3.00. The standard InChI is InChI=1S/C32H43F3N4O4S/c1-31(2)18-27-29(44(41,42)19-31)23-4-3-5-26(23)39(27)21-16-24(33)28(30(36)40)25(17-21)37-20-6-8-22(9-7-20)43-15-14-38-12-10-32(34,35)11-13-38/h16-17,20,22,37H,3-15,18-19H2,1-2H3,(H2,36,40)/t20-,22-. The minimum atomic E-state index is -3.50. The predicted octanol–water partition coefficient (Wildman–Crippen LogP) is 5.03. The summed E-state index contributed by atoms with van der Waals surface area (Å²) >= 11 is 0. The molecule has 4 aliphatic rings. The SMILES string of the molecule is CC1(C)Cc2c(c3c(n2-c2cc(F)c(C(N)=O)c(N[C@H]4CC[C@H](OCCN5CCC(F)(F)CC5)CC4)c2)CCC3)S(=O)(=O)C1. The van der Waals surface area contributed by atoms with Crippen LogP contribution in [0.5, 0.6) is 0 Å². The van der Waals surface area contributed by atoms with Gasteiger partial charge < -0.3 is 25.3 Å². The normalized spacial score (nSPS) is 25.8. The van der Waals surface area contributed by atoms with Gasteiger partial charge in [0.1, 0.15) is 5.82 Å². The number of rotatable bonds is 8. The van der Waals surface area contributed by atoms with E-state index in [9.17, 15) is 22.0 Å². The largest absolute Gasteiger partial charge is 0.382 e. The maximum Gasteiger partial charge on any atom is 0.253 e. The number of ether oxygens (including phenoxy) is 1. The summed E-state index contributed by atoms with van der Waals surface area (Å²) in [6.45, 7) is 5.77. The van der Waals surface area contributed by atoms with Gasteiger partial charge in [-0.2, -0.15) is 0 Å². The van der Waals surface area contributed by atoms with E-state index in [1.54, 1.807) is 6.07 Å². The highest BCUT2D eigenvalue weighted by Crippen LogP contribution is 2.45. The van der Waals surface area contributed by atoms with Crippen LogP contribution < -0.4 is 11.1 Å². The molecule has 1 amide bonds. The number of anilines is 1. The van der Waals surface area contributed by atoms with Crippen LogP contribution in [0.15, 0.2) is 17.0 Å². The molecule has 0 unspecified atom stereocenters. The fourth-order valence-electron chi connectivity index (χ4n) is 7.72. The van der Waals surface area contributed by atoms with Crippen LogP contribution >= 0.6 is 0 Å². The number of aromatic nitrogens is 1. The number of alkyl halides is 2. The minimum Gasteiger partial charge on any atom is -0.382 e. The van der Waals surface area contributed by atoms with Crippen molar-refractivity contribution in [2.75, 3.05) is 37.3 Å². The van der Waals surface area contributed by atoms with E-state index < -0.39 is 32.9 Å². The van der Waals surface area contributed by atoms with Crippen LogP contribution in [-0.2, 0) is 33.8 Å². The van der Waals surface area contributed by atoms with Crippen LogP contribution in [0.2, 0.25) is 0 Å². The molecule has 3 N–H and O–H groups in total. The summed E-state index contributed by atoms with van der Waals surface area (Å²) in [5.41, 5.74) is 8.23. The van der Waals surface area contributed by atoms with Gasteiger partial charge in [0.2, 0.25) is 0 Å². The van der Waals surface area contributed by atoms with Crippen molar-refractivity contribution in [1.29, 1.82) is 0 Å². The molecule has 2 aromatic rings. The van der Waals surface area contributed by atoms with E-state index in [-0.39, 0.29) is 36.3 Å². The number of hydrogen-bond donors (Lipinski definition) is 2. The van der Waals surface area contributed by atoms with Crippen molar-refractivity contribution in [1.82, 2.24) is 9.47 Å². The Labute approximate surface area is 257 Å². The molecular weight excluding hydrogens is 593 g/mol. The Morgan fingerprint density at radius 1 is 1.09 bits per heavy atom. The third kappa shape index (κ3) is 6.26. The molecule has 0 spiro atoms. The Hall–Kier alpha value is -2.57. The molecule has 1 saturated heterocycles. The van der Waals surface area contributed by atoms with Crippen molar-refractivity contribution in [3.05, 3.63) is 40.5 Å². The van der Waals surface area contributed by atoms with Crippen LogP contribution in [0, 0.1) is 11.2 Å². The average Bonchev–Trinajstić information content (AvgIpc) is 3.49. The Morgan fingerprint density at radius 2 is 1.80 bits per heavy atom. The second kappa shape index (κ2) is 11.7. The third-order valence-electron chi connectivity index (χ3n) is 9.76. The molecule has 0 bridgehead atoms. The lowest BCUT2D eigenvalue weighted by Crippen LogP contribution is -2.41. The van der Waals surface area contributed by atoms with Crippen molar-refractivity contribution in [3.8, 4) is 5.69 Å². The lowest BCUT2D eigenvalue weighted by Gasteiger charge is -2.33. The number of piperidine rings is 1. The van der Waals surface area contributed by atoms with Crippen LogP contribution in [0.1, 0.15) is 86.1 Å². The molecule has 242 valence electrons. The van der Waals surface area contributed by atoms with E-state index >= 15 is 4.39 Å². The van der Waals surface area contributed by atoms with E-state index in [0.717, 1.165) is 43.4 Å². The van der Waals surface area contributed by atoms with E-state index in [1.807, 2.05) is 23.3 Å². The van der Waals surface area contributed by atoms with Crippen LogP contribution in [0.4, 0.5) is 18.9 Å². The lowest BCUT2D eigenvalue weighted by molar-refractivity contribution is -0.0625. The number of benzene rings is 1. The fourth-order valence-corrected chi connectivity index (χ4v) is 10.1. The molecule has 12 heteroatoms. The number of nitrogens with two attached hydrogens (primary N) is 1. The molecular formula is C32H43F3N4O4S. The smallest absolute Gasteiger partial charge is 0.253 e. The summed E-state index contributed by atoms with van der Waals surface area (Å²) in [4.78, 5) is 14.8. The van der Waals surface area contributed by atoms with Gasteiger partial charge in [-0.3, -0.25) is 4.79 Å². The molecule has 1 saturated carbocycles. The van der Waals surface area contributed by atoms with Gasteiger partial charge >= 0.3 is 0 Å². The number of amides is 1. The van der Waals surface area contributed by atoms with Crippen molar-refractivity contribution < 1.29 is 31.1 Å². The summed E-state index contributed by atoms with van der Waals surface area (Å²) in [5, 5.41) is 3.38. The van der Waals surface area contributed by atoms with Gasteiger partial charge in [-0.15, -0.1) is 0 Å². The van der Waals surface area contributed by atoms with Crippen LogP contribution in [0.3, 0.4) is 0 Å². The molecule has 2 aliphatic heterocycles. The minimum absolute atomic E-state index is 0.0319. The first-order valence-corrected chi connectivity index (χ1v) is 17.5. The van der Waals surface area contributed by atoms with Gasteiger partial charge in [-0.25, -0.2) is 21.6 Å². The molecule has 2 aliphatic carbocycles. The Bertz CT molecular complexity index is 1540. The number of nitrogens with one attached hydrogen (secondary N) is 1. The number of hydrogen-bond acceptors (Lipinski definition) is 6. The monoisotopic (exact) mass is 636 g/mol. The summed E-state index contributed by atoms with van der Waals surface area (Å²) in [5.74, 6) is -4.09. The number of likely N-dealkylation sites (tertiary alicyclic amines) is 1. The van der Waals surface area contributed by atoms with Crippen molar-refractivity contribution >= 4 is 21.4 Å². The second-order valence-electron chi connectivity index (χ2n) is 13.9. The van der Waals surface area contributed by atoms with Gasteiger partial charge in [0.25, 0.3) is 11.8 Å². The Balaban J connectivity index is 1.18. The molecule has 1 aromatic heterocycles. The van der Waals surface area contributed by atoms with Gasteiger partial charge in [0.05, 0.1) is 40.3 Å². The van der Waals surface area contributed by atoms with Gasteiger partial charge in [-0.1, -0.05) is 13.8 Å². The molecule has 44 heavy (non-hydrogen) atoms. The second-order valence-corrected chi connectivity index (χ2v) is 15.8. The van der Waals surface area contributed by atoms with E-state index in [0.29, 0.717) is 67.5 Å². The Kier molecular flexibility index (Phi) is 8.32. The van der Waals surface area contributed by atoms with Gasteiger partial charge in [0.15, 0.2) is 9.84 Å². The number of nitrogens with zero attached hydrogens (tertiary/aromatic N) is 2. The summed E-state index contributed by atoms with van der Waals surface area (Å²) < 4.78 is 77.3. The maximum absolute atomic E-state index is 15.7. The number of carbonyl (C=O) groups excluding carboxylic acids is 1. The molecule has 1 aromatic carbocycles. The van der Waals surface area contributed by atoms with Crippen molar-refractivity contribution in [2.45, 2.75) is 101 Å². The Morgan fingerprint density at radius 3 is 2.48 bits per heavy atom. The van der Waals surface area contributed by atoms with E-state index in [4.69, 9.17) is 10.5 Å². The highest BCUT2D eigenvalue weighted by atomic mass is 32.2. The van der Waals surface area contributed by atoms with E-state index in [1.165, 1.54) is 6.07 Å². The average molecular weight is 637 g/mol. The van der Waals surface area contributed by atoms with Gasteiger partial charge in [-0.05, 0) is 74.5 Å². The first kappa shape index (κ1) is 31.4. The highest BCUT2D eigenvalue weighted by molar-refractivity contribution is 7.91. The molecule has 2 fully saturated rings.